The van der Waals surface area contributed by atoms with Gasteiger partial charge >= 0.3 is 0 Å². The van der Waals surface area contributed by atoms with Crippen LogP contribution in [0.2, 0.25) is 0 Å². The predicted molar refractivity (Wildman–Crippen MR) is 72.2 cm³/mol. The van der Waals surface area contributed by atoms with Gasteiger partial charge in [-0.3, -0.25) is 0 Å². The van der Waals surface area contributed by atoms with Crippen molar-refractivity contribution in [3.63, 3.8) is 0 Å². The van der Waals surface area contributed by atoms with E-state index in [2.05, 4.69) is 22.2 Å². The first-order valence-electron chi connectivity index (χ1n) is 6.47. The maximum absolute atomic E-state index is 5.71. The highest BCUT2D eigenvalue weighted by atomic mass is 16.5. The van der Waals surface area contributed by atoms with Crippen molar-refractivity contribution in [3.05, 3.63) is 11.9 Å². The van der Waals surface area contributed by atoms with Crippen molar-refractivity contribution in [1.29, 1.82) is 0 Å². The van der Waals surface area contributed by atoms with Crippen molar-refractivity contribution in [2.24, 2.45) is 0 Å². The molecule has 0 amide bonds. The highest BCUT2D eigenvalue weighted by molar-refractivity contribution is 5.38. The van der Waals surface area contributed by atoms with Crippen molar-refractivity contribution >= 4 is 5.82 Å². The van der Waals surface area contributed by atoms with Crippen LogP contribution in [0.3, 0.4) is 0 Å². The molecule has 5 nitrogen and oxygen atoms in total. The molecule has 0 bridgehead atoms. The largest absolute Gasteiger partial charge is 0.472 e. The summed E-state index contributed by atoms with van der Waals surface area (Å²) in [7, 11) is 1.66. The van der Waals surface area contributed by atoms with Gasteiger partial charge in [-0.15, -0.1) is 0 Å². The Kier molecular flexibility index (Phi) is 6.43. The molecule has 0 aliphatic carbocycles. The van der Waals surface area contributed by atoms with Gasteiger partial charge in [-0.05, 0) is 20.3 Å². The van der Waals surface area contributed by atoms with Crippen LogP contribution in [0.1, 0.15) is 33.0 Å². The van der Waals surface area contributed by atoms with E-state index >= 15 is 0 Å². The van der Waals surface area contributed by atoms with Gasteiger partial charge in [-0.25, -0.2) is 4.98 Å². The molecule has 0 aliphatic heterocycles. The highest BCUT2D eigenvalue weighted by Gasteiger charge is 2.08. The number of hydrogen-bond donors (Lipinski definition) is 1. The molecule has 0 saturated carbocycles. The molecule has 1 aromatic rings. The third-order valence-electron chi connectivity index (χ3n) is 2.30. The van der Waals surface area contributed by atoms with Crippen molar-refractivity contribution in [2.75, 3.05) is 25.6 Å². The fourth-order valence-corrected chi connectivity index (χ4v) is 1.62. The summed E-state index contributed by atoms with van der Waals surface area (Å²) < 4.78 is 10.8. The summed E-state index contributed by atoms with van der Waals surface area (Å²) in [5.74, 6) is 2.24. The molecule has 0 saturated heterocycles. The first-order chi connectivity index (χ1) is 8.69. The third-order valence-corrected chi connectivity index (χ3v) is 2.30. The first-order valence-corrected chi connectivity index (χ1v) is 6.47. The number of aromatic nitrogens is 2. The van der Waals surface area contributed by atoms with Gasteiger partial charge in [0.05, 0.1) is 6.61 Å². The van der Waals surface area contributed by atoms with Crippen molar-refractivity contribution in [1.82, 2.24) is 9.97 Å². The van der Waals surface area contributed by atoms with Gasteiger partial charge in [0.15, 0.2) is 0 Å². The number of methoxy groups -OCH3 is 1. The van der Waals surface area contributed by atoms with E-state index < -0.39 is 0 Å². The monoisotopic (exact) mass is 253 g/mol. The van der Waals surface area contributed by atoms with Crippen LogP contribution in [-0.4, -0.2) is 36.3 Å². The molecule has 18 heavy (non-hydrogen) atoms. The van der Waals surface area contributed by atoms with E-state index in [1.54, 1.807) is 7.11 Å². The van der Waals surface area contributed by atoms with Gasteiger partial charge in [0.1, 0.15) is 17.7 Å². The van der Waals surface area contributed by atoms with E-state index in [4.69, 9.17) is 9.47 Å². The molecule has 0 aromatic carbocycles. The lowest BCUT2D eigenvalue weighted by atomic mass is 10.3. The minimum absolute atomic E-state index is 0.0196. The Morgan fingerprint density at radius 1 is 1.33 bits per heavy atom. The number of rotatable bonds is 8. The second-order valence-corrected chi connectivity index (χ2v) is 4.17. The van der Waals surface area contributed by atoms with Crippen LogP contribution in [0.15, 0.2) is 6.07 Å². The number of hydrogen-bond acceptors (Lipinski definition) is 5. The average Bonchev–Trinajstić information content (AvgIpc) is 2.29. The van der Waals surface area contributed by atoms with Gasteiger partial charge in [-0.1, -0.05) is 6.92 Å². The number of ether oxygens (including phenoxy) is 2. The molecule has 0 spiro atoms. The lowest BCUT2D eigenvalue weighted by molar-refractivity contribution is 0.0887. The predicted octanol–water partition coefficient (Wildman–Crippen LogP) is 2.27. The fourth-order valence-electron chi connectivity index (χ4n) is 1.62. The highest BCUT2D eigenvalue weighted by Crippen LogP contribution is 2.15. The van der Waals surface area contributed by atoms with Gasteiger partial charge in [-0.2, -0.15) is 4.98 Å². The SMILES string of the molecule is CCCc1nc(NCC)cc(OC(C)COC)n1. The Labute approximate surface area is 109 Å². The zero-order valence-corrected chi connectivity index (χ0v) is 11.7. The molecule has 1 heterocycles. The summed E-state index contributed by atoms with van der Waals surface area (Å²) in [5, 5.41) is 3.19. The van der Waals surface area contributed by atoms with Crippen molar-refractivity contribution < 1.29 is 9.47 Å². The molecule has 1 N–H and O–H groups in total. The molecular weight excluding hydrogens is 230 g/mol. The molecule has 0 aliphatic rings. The standard InChI is InChI=1S/C13H23N3O2/c1-5-7-11-15-12(14-6-2)8-13(16-11)18-10(3)9-17-4/h8,10H,5-7,9H2,1-4H3,(H,14,15,16). The first kappa shape index (κ1) is 14.7. The molecule has 0 radical (unpaired) electrons. The lowest BCUT2D eigenvalue weighted by Gasteiger charge is -2.14. The van der Waals surface area contributed by atoms with Crippen LogP contribution in [0.25, 0.3) is 0 Å². The average molecular weight is 253 g/mol. The summed E-state index contributed by atoms with van der Waals surface area (Å²) >= 11 is 0. The van der Waals surface area contributed by atoms with E-state index in [9.17, 15) is 0 Å². The summed E-state index contributed by atoms with van der Waals surface area (Å²) in [6, 6.07) is 1.83. The summed E-state index contributed by atoms with van der Waals surface area (Å²) in [6.07, 6.45) is 1.85. The molecule has 5 heteroatoms. The smallest absolute Gasteiger partial charge is 0.219 e. The van der Waals surface area contributed by atoms with E-state index in [0.717, 1.165) is 31.0 Å². The second-order valence-electron chi connectivity index (χ2n) is 4.17. The van der Waals surface area contributed by atoms with E-state index in [1.807, 2.05) is 19.9 Å². The van der Waals surface area contributed by atoms with Crippen LogP contribution >= 0.6 is 0 Å². The quantitative estimate of drug-likeness (QED) is 0.770. The van der Waals surface area contributed by atoms with Gasteiger partial charge in [0, 0.05) is 26.1 Å². The van der Waals surface area contributed by atoms with E-state index in [1.165, 1.54) is 0 Å². The van der Waals surface area contributed by atoms with Crippen molar-refractivity contribution in [3.8, 4) is 5.88 Å². The molecule has 102 valence electrons. The Bertz CT molecular complexity index is 334. The van der Waals surface area contributed by atoms with E-state index in [-0.39, 0.29) is 6.10 Å². The molecule has 1 atom stereocenters. The Morgan fingerprint density at radius 3 is 2.72 bits per heavy atom. The number of anilines is 1. The Morgan fingerprint density at radius 2 is 2.11 bits per heavy atom. The summed E-state index contributed by atoms with van der Waals surface area (Å²) in [6.45, 7) is 7.48. The molecule has 1 aromatic heterocycles. The van der Waals surface area contributed by atoms with Crippen LogP contribution in [0.5, 0.6) is 5.88 Å². The minimum Gasteiger partial charge on any atom is -0.472 e. The number of aryl methyl sites for hydroxylation is 1. The zero-order chi connectivity index (χ0) is 13.4. The fraction of sp³-hybridized carbons (Fsp3) is 0.692. The Balaban J connectivity index is 2.81. The molecular formula is C13H23N3O2. The minimum atomic E-state index is -0.0196. The van der Waals surface area contributed by atoms with Gasteiger partial charge < -0.3 is 14.8 Å². The third kappa shape index (κ3) is 4.87. The van der Waals surface area contributed by atoms with E-state index in [0.29, 0.717) is 12.5 Å². The molecule has 1 unspecified atom stereocenters. The van der Waals surface area contributed by atoms with Crippen LogP contribution in [0, 0.1) is 0 Å². The second kappa shape index (κ2) is 7.87. The Hall–Kier alpha value is -1.36. The maximum atomic E-state index is 5.71. The summed E-state index contributed by atoms with van der Waals surface area (Å²) in [5.41, 5.74) is 0. The number of nitrogens with zero attached hydrogens (tertiary/aromatic N) is 2. The number of nitrogens with one attached hydrogen (secondary N) is 1. The zero-order valence-electron chi connectivity index (χ0n) is 11.7. The normalized spacial score (nSPS) is 12.2. The van der Waals surface area contributed by atoms with Gasteiger partial charge in [0.2, 0.25) is 5.88 Å². The van der Waals surface area contributed by atoms with Crippen LogP contribution in [0.4, 0.5) is 5.82 Å². The maximum Gasteiger partial charge on any atom is 0.219 e. The van der Waals surface area contributed by atoms with Gasteiger partial charge in [0.25, 0.3) is 0 Å². The topological polar surface area (TPSA) is 56.3 Å². The van der Waals surface area contributed by atoms with Crippen molar-refractivity contribution in [2.45, 2.75) is 39.7 Å². The van der Waals surface area contributed by atoms with Crippen LogP contribution in [-0.2, 0) is 11.2 Å². The van der Waals surface area contributed by atoms with Crippen LogP contribution < -0.4 is 10.1 Å². The molecule has 1 rings (SSSR count). The lowest BCUT2D eigenvalue weighted by Crippen LogP contribution is -2.19. The molecule has 0 fully saturated rings. The summed E-state index contributed by atoms with van der Waals surface area (Å²) in [4.78, 5) is 8.83.